The molecule has 0 saturated carbocycles. The van der Waals surface area contributed by atoms with E-state index in [-0.39, 0.29) is 23.2 Å². The van der Waals surface area contributed by atoms with Crippen molar-refractivity contribution in [2.24, 2.45) is 0 Å². The fourth-order valence-electron chi connectivity index (χ4n) is 3.15. The molecule has 3 aromatic rings. The molecule has 1 N–H and O–H groups in total. The van der Waals surface area contributed by atoms with Crippen molar-refractivity contribution >= 4 is 33.2 Å². The Hall–Kier alpha value is -3.39. The van der Waals surface area contributed by atoms with E-state index in [1.807, 2.05) is 0 Å². The predicted octanol–water partition coefficient (Wildman–Crippen LogP) is 3.43. The van der Waals surface area contributed by atoms with Crippen LogP contribution in [0.1, 0.15) is 15.9 Å². The van der Waals surface area contributed by atoms with Crippen molar-refractivity contribution in [3.8, 4) is 11.5 Å². The Morgan fingerprint density at radius 3 is 2.76 bits per heavy atom. The van der Waals surface area contributed by atoms with Gasteiger partial charge in [-0.25, -0.2) is 4.79 Å². The van der Waals surface area contributed by atoms with E-state index in [1.54, 1.807) is 18.2 Å². The van der Waals surface area contributed by atoms with Crippen LogP contribution in [0.5, 0.6) is 11.5 Å². The maximum absolute atomic E-state index is 11.7. The van der Waals surface area contributed by atoms with Gasteiger partial charge in [0.2, 0.25) is 0 Å². The Labute approximate surface area is 140 Å². The Morgan fingerprint density at radius 1 is 1.28 bits per heavy atom. The zero-order valence-electron chi connectivity index (χ0n) is 12.9. The lowest BCUT2D eigenvalue weighted by Gasteiger charge is -2.11. The smallest absolute Gasteiger partial charge is 0.336 e. The Bertz CT molecular complexity index is 1070. The summed E-state index contributed by atoms with van der Waals surface area (Å²) in [5.74, 6) is -0.418. The van der Waals surface area contributed by atoms with Crippen molar-refractivity contribution in [1.29, 1.82) is 0 Å². The summed E-state index contributed by atoms with van der Waals surface area (Å²) in [5, 5.41) is 22.7. The van der Waals surface area contributed by atoms with E-state index in [9.17, 15) is 20.0 Å². The summed E-state index contributed by atoms with van der Waals surface area (Å²) in [6.07, 6.45) is 0. The van der Waals surface area contributed by atoms with Crippen LogP contribution in [-0.2, 0) is 11.5 Å². The maximum atomic E-state index is 11.7. The minimum atomic E-state index is -1.25. The average molecular weight is 341 g/mol. The molecule has 0 radical (unpaired) electrons. The molecule has 0 unspecified atom stereocenters. The molecule has 8 heteroatoms. The Kier molecular flexibility index (Phi) is 3.22. The third kappa shape index (κ3) is 2.15. The van der Waals surface area contributed by atoms with Crippen molar-refractivity contribution in [2.75, 3.05) is 7.11 Å². The van der Waals surface area contributed by atoms with E-state index in [4.69, 9.17) is 14.5 Å². The van der Waals surface area contributed by atoms with E-state index in [2.05, 4.69) is 0 Å². The minimum absolute atomic E-state index is 0.0133. The van der Waals surface area contributed by atoms with Gasteiger partial charge in [-0.2, -0.15) is 4.89 Å². The molecule has 8 nitrogen and oxygen atoms in total. The van der Waals surface area contributed by atoms with Gasteiger partial charge in [0.05, 0.1) is 23.0 Å². The number of carboxylic acids is 1. The molecule has 1 heterocycles. The second-order valence-corrected chi connectivity index (χ2v) is 5.55. The van der Waals surface area contributed by atoms with Crippen LogP contribution in [0.4, 0.5) is 5.69 Å². The lowest BCUT2D eigenvalue weighted by atomic mass is 9.93. The Morgan fingerprint density at radius 2 is 2.08 bits per heavy atom. The minimum Gasteiger partial charge on any atom is -0.497 e. The molecule has 1 aliphatic rings. The van der Waals surface area contributed by atoms with Gasteiger partial charge in [-0.1, -0.05) is 0 Å². The summed E-state index contributed by atoms with van der Waals surface area (Å²) in [6, 6.07) is 7.76. The summed E-state index contributed by atoms with van der Waals surface area (Å²) in [6.45, 7) is 0.0753. The van der Waals surface area contributed by atoms with Crippen LogP contribution in [0.3, 0.4) is 0 Å². The summed E-state index contributed by atoms with van der Waals surface area (Å²) in [7, 11) is 1.49. The van der Waals surface area contributed by atoms with Crippen LogP contribution in [0, 0.1) is 10.1 Å². The summed E-state index contributed by atoms with van der Waals surface area (Å²) < 4.78 is 5.17. The number of nitro groups is 1. The number of nitrogens with zero attached hydrogens (tertiary/aromatic N) is 1. The number of hydrogen-bond acceptors (Lipinski definition) is 6. The highest BCUT2D eigenvalue weighted by atomic mass is 17.2. The molecule has 3 aromatic carbocycles. The molecule has 0 fully saturated rings. The van der Waals surface area contributed by atoms with Crippen molar-refractivity contribution in [2.45, 2.75) is 6.61 Å². The molecule has 0 saturated heterocycles. The monoisotopic (exact) mass is 341 g/mol. The second kappa shape index (κ2) is 5.32. The average Bonchev–Trinajstić information content (AvgIpc) is 3.07. The van der Waals surface area contributed by atoms with Crippen molar-refractivity contribution in [1.82, 2.24) is 0 Å². The van der Waals surface area contributed by atoms with E-state index < -0.39 is 10.9 Å². The van der Waals surface area contributed by atoms with Crippen LogP contribution in [0.25, 0.3) is 21.5 Å². The van der Waals surface area contributed by atoms with Gasteiger partial charge in [-0.05, 0) is 35.0 Å². The molecule has 0 amide bonds. The highest BCUT2D eigenvalue weighted by Crippen LogP contribution is 2.45. The first-order valence-corrected chi connectivity index (χ1v) is 7.28. The third-order valence-corrected chi connectivity index (χ3v) is 4.22. The second-order valence-electron chi connectivity index (χ2n) is 5.55. The van der Waals surface area contributed by atoms with Gasteiger partial charge in [0.25, 0.3) is 5.69 Å². The first kappa shape index (κ1) is 15.2. The number of benzene rings is 3. The predicted molar refractivity (Wildman–Crippen MR) is 87.0 cm³/mol. The molecule has 0 bridgehead atoms. The van der Waals surface area contributed by atoms with Crippen molar-refractivity contribution in [3.05, 3.63) is 51.6 Å². The third-order valence-electron chi connectivity index (χ3n) is 4.22. The largest absolute Gasteiger partial charge is 0.497 e. The van der Waals surface area contributed by atoms with E-state index >= 15 is 0 Å². The number of carboxylic acid groups (broad SMARTS) is 1. The molecule has 126 valence electrons. The van der Waals surface area contributed by atoms with E-state index in [0.717, 1.165) is 0 Å². The van der Waals surface area contributed by atoms with Gasteiger partial charge >= 0.3 is 5.97 Å². The number of methoxy groups -OCH3 is 1. The fraction of sp³-hybridized carbons (Fsp3) is 0.118. The molecule has 25 heavy (non-hydrogen) atoms. The number of fused-ring (bicyclic) bond motifs is 5. The lowest BCUT2D eigenvalue weighted by molar-refractivity contribution is -0.383. The molecule has 0 atom stereocenters. The summed E-state index contributed by atoms with van der Waals surface area (Å²) in [4.78, 5) is 32.9. The van der Waals surface area contributed by atoms with Gasteiger partial charge in [0.1, 0.15) is 12.4 Å². The van der Waals surface area contributed by atoms with Crippen LogP contribution < -0.4 is 9.62 Å². The number of hydrogen-bond donors (Lipinski definition) is 1. The van der Waals surface area contributed by atoms with Crippen LogP contribution in [0.15, 0.2) is 30.3 Å². The van der Waals surface area contributed by atoms with E-state index in [1.165, 1.54) is 19.2 Å². The highest BCUT2D eigenvalue weighted by Gasteiger charge is 2.29. The van der Waals surface area contributed by atoms with Gasteiger partial charge in [-0.3, -0.25) is 10.1 Å². The number of nitro benzene ring substituents is 1. The zero-order valence-corrected chi connectivity index (χ0v) is 12.9. The molecule has 0 aromatic heterocycles. The van der Waals surface area contributed by atoms with Crippen LogP contribution in [-0.4, -0.2) is 23.1 Å². The fourth-order valence-corrected chi connectivity index (χ4v) is 3.15. The number of ether oxygens (including phenoxy) is 1. The lowest BCUT2D eigenvalue weighted by Crippen LogP contribution is -2.02. The first-order chi connectivity index (χ1) is 12.0. The zero-order chi connectivity index (χ0) is 17.7. The molecule has 1 aliphatic heterocycles. The normalized spacial score (nSPS) is 12.8. The molecule has 0 spiro atoms. The standard InChI is InChI=1S/C17H11NO7/c1-23-10-2-3-11-8(4-10)6-13(18(21)22)14-12(17(19)20)5-9-7-24-25-16(9)15(11)14/h2-6H,7H2,1H3,(H,19,20). The summed E-state index contributed by atoms with van der Waals surface area (Å²) in [5.41, 5.74) is 0.0567. The van der Waals surface area contributed by atoms with E-state index in [0.29, 0.717) is 33.2 Å². The van der Waals surface area contributed by atoms with Gasteiger partial charge < -0.3 is 14.7 Å². The topological polar surface area (TPSA) is 108 Å². The van der Waals surface area contributed by atoms with Gasteiger partial charge in [0.15, 0.2) is 5.75 Å². The number of non-ortho nitro benzene ring substituents is 1. The van der Waals surface area contributed by atoms with Gasteiger partial charge in [-0.15, -0.1) is 0 Å². The molecular formula is C17H11NO7. The summed E-state index contributed by atoms with van der Waals surface area (Å²) >= 11 is 0. The molecule has 0 aliphatic carbocycles. The SMILES string of the molecule is COc1ccc2c(c1)cc([N+](=O)[O-])c1c(C(=O)O)cc3c(c12)OOC3. The molecular weight excluding hydrogens is 330 g/mol. The van der Waals surface area contributed by atoms with Crippen LogP contribution >= 0.6 is 0 Å². The number of rotatable bonds is 3. The Balaban J connectivity index is 2.28. The van der Waals surface area contributed by atoms with Crippen molar-refractivity contribution in [3.63, 3.8) is 0 Å². The van der Waals surface area contributed by atoms with Crippen molar-refractivity contribution < 1.29 is 29.3 Å². The maximum Gasteiger partial charge on any atom is 0.336 e. The number of aromatic carboxylic acids is 1. The molecule has 4 rings (SSSR count). The number of carbonyl (C=O) groups is 1. The van der Waals surface area contributed by atoms with Gasteiger partial charge in [0, 0.05) is 17.0 Å². The first-order valence-electron chi connectivity index (χ1n) is 7.28. The quantitative estimate of drug-likeness (QED) is 0.336. The highest BCUT2D eigenvalue weighted by molar-refractivity contribution is 6.20. The van der Waals surface area contributed by atoms with Crippen LogP contribution in [0.2, 0.25) is 0 Å².